The van der Waals surface area contributed by atoms with E-state index in [0.717, 1.165) is 5.56 Å². The number of carboxylic acids is 1. The number of para-hydroxylation sites is 1. The van der Waals surface area contributed by atoms with E-state index in [1.807, 2.05) is 25.1 Å². The van der Waals surface area contributed by atoms with Gasteiger partial charge in [0.2, 0.25) is 11.8 Å². The van der Waals surface area contributed by atoms with Crippen molar-refractivity contribution in [3.05, 3.63) is 77.5 Å². The number of carboxylic acid groups (broad SMARTS) is 1. The summed E-state index contributed by atoms with van der Waals surface area (Å²) in [6, 6.07) is 14.4. The van der Waals surface area contributed by atoms with Crippen molar-refractivity contribution in [2.24, 2.45) is 5.92 Å². The van der Waals surface area contributed by atoms with Crippen molar-refractivity contribution < 1.29 is 33.8 Å². The zero-order valence-electron chi connectivity index (χ0n) is 24.0. The molecule has 2 aromatic carbocycles. The zero-order valence-corrected chi connectivity index (χ0v) is 24.0. The molecule has 43 heavy (non-hydrogen) atoms. The molecule has 4 rings (SSSR count). The lowest BCUT2D eigenvalue weighted by Crippen LogP contribution is -2.37. The maximum atomic E-state index is 12.7. The lowest BCUT2D eigenvalue weighted by Gasteiger charge is -2.24. The van der Waals surface area contributed by atoms with Crippen LogP contribution in [0.25, 0.3) is 0 Å². The lowest BCUT2D eigenvalue weighted by atomic mass is 9.97. The van der Waals surface area contributed by atoms with E-state index in [1.165, 1.54) is 13.3 Å². The summed E-state index contributed by atoms with van der Waals surface area (Å²) >= 11 is 0. The molecule has 0 radical (unpaired) electrons. The Bertz CT molecular complexity index is 1460. The zero-order chi connectivity index (χ0) is 30.8. The molecule has 3 aromatic rings. The van der Waals surface area contributed by atoms with Crippen LogP contribution in [0.4, 0.5) is 22.0 Å². The number of amides is 4. The smallest absolute Gasteiger partial charge is 0.323 e. The summed E-state index contributed by atoms with van der Waals surface area (Å²) in [4.78, 5) is 53.6. The molecule has 2 heterocycles. The number of benzene rings is 2. The van der Waals surface area contributed by atoms with Crippen LogP contribution in [-0.2, 0) is 25.5 Å². The van der Waals surface area contributed by atoms with E-state index < -0.39 is 18.0 Å². The summed E-state index contributed by atoms with van der Waals surface area (Å²) in [6.45, 7) is 2.89. The highest BCUT2D eigenvalue weighted by Crippen LogP contribution is 2.27. The van der Waals surface area contributed by atoms with Crippen molar-refractivity contribution in [2.45, 2.75) is 38.6 Å². The van der Waals surface area contributed by atoms with Gasteiger partial charge >= 0.3 is 12.0 Å². The third-order valence-electron chi connectivity index (χ3n) is 7.02. The van der Waals surface area contributed by atoms with Crippen LogP contribution in [0.15, 0.2) is 60.8 Å². The molecule has 1 atom stereocenters. The summed E-state index contributed by atoms with van der Waals surface area (Å²) in [7, 11) is 1.47. The number of pyridine rings is 1. The van der Waals surface area contributed by atoms with Gasteiger partial charge in [0.25, 0.3) is 0 Å². The highest BCUT2D eigenvalue weighted by molar-refractivity contribution is 6.01. The Morgan fingerprint density at radius 2 is 1.74 bits per heavy atom. The third kappa shape index (κ3) is 9.01. The second-order valence-corrected chi connectivity index (χ2v) is 10.2. The minimum absolute atomic E-state index is 0.0122. The standard InChI is InChI=1S/C31H35N5O7/c1-19-5-3-4-6-23(19)34-31(41)35-24-9-7-20(15-26(24)42-2)16-28(37)36-27-10-8-22(18-32-27)25(17-29(38)39)33-30(40)21-11-13-43-14-12-21/h3-10,15,18,21,25H,11-14,16-17H2,1-2H3,(H,33,40)(H,38,39)(H,32,36,37)(H2,34,35,41). The first kappa shape index (κ1) is 31.0. The Morgan fingerprint density at radius 1 is 1.00 bits per heavy atom. The summed E-state index contributed by atoms with van der Waals surface area (Å²) < 4.78 is 10.7. The topological polar surface area (TPSA) is 168 Å². The molecule has 4 amide bonds. The molecule has 12 heteroatoms. The molecule has 0 bridgehead atoms. The SMILES string of the molecule is COc1cc(CC(=O)Nc2ccc(C(CC(=O)O)NC(=O)C3CCOCC3)cn2)ccc1NC(=O)Nc1ccccc1C. The highest BCUT2D eigenvalue weighted by atomic mass is 16.5. The van der Waals surface area contributed by atoms with Gasteiger partial charge in [0.15, 0.2) is 0 Å². The number of rotatable bonds is 11. The average molecular weight is 590 g/mol. The second-order valence-electron chi connectivity index (χ2n) is 10.2. The van der Waals surface area contributed by atoms with E-state index in [0.29, 0.717) is 54.3 Å². The first-order valence-corrected chi connectivity index (χ1v) is 13.9. The number of aryl methyl sites for hydroxylation is 1. The molecule has 1 aliphatic rings. The largest absolute Gasteiger partial charge is 0.495 e. The molecule has 0 aliphatic carbocycles. The monoisotopic (exact) mass is 589 g/mol. The number of hydrogen-bond acceptors (Lipinski definition) is 7. The molecule has 1 unspecified atom stereocenters. The number of nitrogens with one attached hydrogen (secondary N) is 4. The van der Waals surface area contributed by atoms with Gasteiger partial charge in [-0.25, -0.2) is 9.78 Å². The van der Waals surface area contributed by atoms with E-state index in [9.17, 15) is 24.3 Å². The van der Waals surface area contributed by atoms with Gasteiger partial charge in [-0.1, -0.05) is 30.3 Å². The van der Waals surface area contributed by atoms with Gasteiger partial charge in [-0.05, 0) is 60.7 Å². The predicted octanol–water partition coefficient (Wildman–Crippen LogP) is 4.28. The number of methoxy groups -OCH3 is 1. The number of nitrogens with zero attached hydrogens (tertiary/aromatic N) is 1. The van der Waals surface area contributed by atoms with Gasteiger partial charge in [-0.15, -0.1) is 0 Å². The van der Waals surface area contributed by atoms with Crippen molar-refractivity contribution >= 4 is 41.0 Å². The van der Waals surface area contributed by atoms with Gasteiger partial charge in [-0.3, -0.25) is 14.4 Å². The fourth-order valence-corrected chi connectivity index (χ4v) is 4.67. The summed E-state index contributed by atoms with van der Waals surface area (Å²) in [5.74, 6) is -1.17. The quantitative estimate of drug-likeness (QED) is 0.221. The average Bonchev–Trinajstić information content (AvgIpc) is 2.99. The van der Waals surface area contributed by atoms with E-state index in [1.54, 1.807) is 36.4 Å². The van der Waals surface area contributed by atoms with E-state index in [4.69, 9.17) is 9.47 Å². The Kier molecular flexibility index (Phi) is 10.6. The molecular formula is C31H35N5O7. The first-order valence-electron chi connectivity index (χ1n) is 13.9. The Labute approximate surface area is 249 Å². The van der Waals surface area contributed by atoms with E-state index in [-0.39, 0.29) is 36.4 Å². The Balaban J connectivity index is 1.34. The molecular weight excluding hydrogens is 554 g/mol. The first-order chi connectivity index (χ1) is 20.7. The molecule has 5 N–H and O–H groups in total. The number of carbonyl (C=O) groups is 4. The van der Waals surface area contributed by atoms with Gasteiger partial charge in [0, 0.05) is 31.0 Å². The van der Waals surface area contributed by atoms with E-state index >= 15 is 0 Å². The predicted molar refractivity (Wildman–Crippen MR) is 160 cm³/mol. The number of anilines is 3. The molecule has 0 saturated carbocycles. The molecule has 1 aromatic heterocycles. The summed E-state index contributed by atoms with van der Waals surface area (Å²) in [5, 5.41) is 20.5. The number of carbonyl (C=O) groups excluding carboxylic acids is 3. The van der Waals surface area contributed by atoms with Crippen LogP contribution < -0.4 is 26.0 Å². The fourth-order valence-electron chi connectivity index (χ4n) is 4.67. The van der Waals surface area contributed by atoms with E-state index in [2.05, 4.69) is 26.3 Å². The number of ether oxygens (including phenoxy) is 2. The van der Waals surface area contributed by atoms with Crippen molar-refractivity contribution in [2.75, 3.05) is 36.3 Å². The molecule has 12 nitrogen and oxygen atoms in total. The van der Waals surface area contributed by atoms with Crippen molar-refractivity contribution in [3.8, 4) is 5.75 Å². The minimum atomic E-state index is -1.06. The van der Waals surface area contributed by atoms with Crippen LogP contribution in [0.5, 0.6) is 5.75 Å². The molecule has 0 spiro atoms. The second kappa shape index (κ2) is 14.8. The highest BCUT2D eigenvalue weighted by Gasteiger charge is 2.26. The Hall–Kier alpha value is -4.97. The molecule has 226 valence electrons. The summed E-state index contributed by atoms with van der Waals surface area (Å²) in [6.07, 6.45) is 2.33. The van der Waals surface area contributed by atoms with Gasteiger partial charge in [0.05, 0.1) is 31.7 Å². The third-order valence-corrected chi connectivity index (χ3v) is 7.02. The Morgan fingerprint density at radius 3 is 2.42 bits per heavy atom. The van der Waals surface area contributed by atoms with Crippen LogP contribution in [0.3, 0.4) is 0 Å². The van der Waals surface area contributed by atoms with Crippen molar-refractivity contribution in [1.82, 2.24) is 10.3 Å². The normalized spacial score (nSPS) is 13.8. The van der Waals surface area contributed by atoms with Crippen molar-refractivity contribution in [1.29, 1.82) is 0 Å². The molecule has 1 saturated heterocycles. The number of urea groups is 1. The maximum Gasteiger partial charge on any atom is 0.323 e. The van der Waals surface area contributed by atoms with Crippen LogP contribution in [0, 0.1) is 12.8 Å². The van der Waals surface area contributed by atoms with Crippen LogP contribution in [-0.4, -0.2) is 54.2 Å². The lowest BCUT2D eigenvalue weighted by molar-refractivity contribution is -0.138. The summed E-state index contributed by atoms with van der Waals surface area (Å²) in [5.41, 5.74) is 3.21. The minimum Gasteiger partial charge on any atom is -0.495 e. The maximum absolute atomic E-state index is 12.7. The van der Waals surface area contributed by atoms with Crippen molar-refractivity contribution in [3.63, 3.8) is 0 Å². The van der Waals surface area contributed by atoms with Gasteiger partial charge < -0.3 is 35.8 Å². The fraction of sp³-hybridized carbons (Fsp3) is 0.323. The molecule has 1 fully saturated rings. The van der Waals surface area contributed by atoms with Gasteiger partial charge in [0.1, 0.15) is 11.6 Å². The number of aliphatic carboxylic acids is 1. The molecule has 1 aliphatic heterocycles. The van der Waals surface area contributed by atoms with Crippen LogP contribution in [0.1, 0.15) is 42.0 Å². The number of aromatic nitrogens is 1. The van der Waals surface area contributed by atoms with Crippen LogP contribution in [0.2, 0.25) is 0 Å². The van der Waals surface area contributed by atoms with Crippen LogP contribution >= 0.6 is 0 Å². The van der Waals surface area contributed by atoms with Gasteiger partial charge in [-0.2, -0.15) is 0 Å². The number of hydrogen-bond donors (Lipinski definition) is 5.